The molecule has 0 saturated carbocycles. The highest BCUT2D eigenvalue weighted by molar-refractivity contribution is 7.73. The molecule has 1 aromatic heterocycles. The summed E-state index contributed by atoms with van der Waals surface area (Å²) in [5.74, 6) is -0.241. The van der Waals surface area contributed by atoms with Gasteiger partial charge in [-0.2, -0.15) is 0 Å². The Balaban J connectivity index is 2.75. The Bertz CT molecular complexity index is 554. The molecule has 2 aromatic rings. The maximum atomic E-state index is 13.6. The monoisotopic (exact) mass is 239 g/mol. The van der Waals surface area contributed by atoms with E-state index in [0.717, 1.165) is 10.6 Å². The van der Waals surface area contributed by atoms with Crippen LogP contribution in [0.2, 0.25) is 0 Å². The van der Waals surface area contributed by atoms with Gasteiger partial charge in [0.1, 0.15) is 5.82 Å². The van der Waals surface area contributed by atoms with Gasteiger partial charge < -0.3 is 0 Å². The number of hydrogen-bond donors (Lipinski definition) is 0. The molecule has 1 heterocycles. The van der Waals surface area contributed by atoms with E-state index in [9.17, 15) is 4.39 Å². The van der Waals surface area contributed by atoms with Crippen molar-refractivity contribution in [3.05, 3.63) is 44.6 Å². The van der Waals surface area contributed by atoms with Crippen LogP contribution in [0.5, 0.6) is 0 Å². The largest absolute Gasteiger partial charge is 0.293 e. The van der Waals surface area contributed by atoms with Crippen LogP contribution < -0.4 is 0 Å². The summed E-state index contributed by atoms with van der Waals surface area (Å²) >= 11 is 6.73. The first-order valence-electron chi connectivity index (χ1n) is 4.55. The van der Waals surface area contributed by atoms with Crippen LogP contribution in [0.4, 0.5) is 4.39 Å². The second-order valence-corrected chi connectivity index (χ2v) is 5.14. The maximum Gasteiger partial charge on any atom is 0.166 e. The van der Waals surface area contributed by atoms with E-state index in [-0.39, 0.29) is 5.82 Å². The number of aromatic nitrogens is 1. The molecular formula is C11H10FNS2. The molecule has 2 rings (SSSR count). The normalized spacial score (nSPS) is 10.6. The van der Waals surface area contributed by atoms with Gasteiger partial charge in [-0.15, -0.1) is 11.3 Å². The van der Waals surface area contributed by atoms with Crippen molar-refractivity contribution in [1.82, 2.24) is 4.57 Å². The highest BCUT2D eigenvalue weighted by Crippen LogP contribution is 2.23. The minimum atomic E-state index is -0.241. The van der Waals surface area contributed by atoms with E-state index in [1.807, 2.05) is 19.9 Å². The topological polar surface area (TPSA) is 4.93 Å². The molecular weight excluding hydrogens is 229 g/mol. The smallest absolute Gasteiger partial charge is 0.166 e. The average Bonchev–Trinajstić information content (AvgIpc) is 2.43. The SMILES string of the molecule is Cc1sc(=S)n(-c2ccccc2F)c1C. The lowest BCUT2D eigenvalue weighted by Crippen LogP contribution is -1.99. The van der Waals surface area contributed by atoms with Crippen molar-refractivity contribution in [1.29, 1.82) is 0 Å². The van der Waals surface area contributed by atoms with Crippen molar-refractivity contribution >= 4 is 23.6 Å². The van der Waals surface area contributed by atoms with Crippen molar-refractivity contribution < 1.29 is 4.39 Å². The summed E-state index contributed by atoms with van der Waals surface area (Å²) in [6.07, 6.45) is 0. The Morgan fingerprint density at radius 2 is 1.93 bits per heavy atom. The molecule has 0 aliphatic carbocycles. The van der Waals surface area contributed by atoms with Gasteiger partial charge in [0.25, 0.3) is 0 Å². The molecule has 0 radical (unpaired) electrons. The Morgan fingerprint density at radius 1 is 1.27 bits per heavy atom. The predicted molar refractivity (Wildman–Crippen MR) is 63.9 cm³/mol. The van der Waals surface area contributed by atoms with E-state index in [2.05, 4.69) is 0 Å². The molecule has 0 fully saturated rings. The van der Waals surface area contributed by atoms with Crippen LogP contribution in [0.15, 0.2) is 24.3 Å². The lowest BCUT2D eigenvalue weighted by molar-refractivity contribution is 0.616. The molecule has 0 saturated heterocycles. The van der Waals surface area contributed by atoms with Gasteiger partial charge in [-0.25, -0.2) is 4.39 Å². The first-order chi connectivity index (χ1) is 7.11. The van der Waals surface area contributed by atoms with Crippen LogP contribution in [-0.4, -0.2) is 4.57 Å². The minimum absolute atomic E-state index is 0.241. The Hall–Kier alpha value is -1.00. The van der Waals surface area contributed by atoms with Crippen molar-refractivity contribution in [2.45, 2.75) is 13.8 Å². The van der Waals surface area contributed by atoms with Crippen LogP contribution in [-0.2, 0) is 0 Å². The second kappa shape index (κ2) is 3.87. The zero-order chi connectivity index (χ0) is 11.0. The average molecular weight is 239 g/mol. The van der Waals surface area contributed by atoms with Gasteiger partial charge in [-0.3, -0.25) is 4.57 Å². The summed E-state index contributed by atoms with van der Waals surface area (Å²) < 4.78 is 16.1. The van der Waals surface area contributed by atoms with E-state index >= 15 is 0 Å². The Kier molecular flexibility index (Phi) is 2.71. The second-order valence-electron chi connectivity index (χ2n) is 3.30. The van der Waals surface area contributed by atoms with Crippen LogP contribution in [0.3, 0.4) is 0 Å². The Morgan fingerprint density at radius 3 is 2.47 bits per heavy atom. The van der Waals surface area contributed by atoms with E-state index < -0.39 is 0 Å². The summed E-state index contributed by atoms with van der Waals surface area (Å²) in [5, 5.41) is 0. The highest BCUT2D eigenvalue weighted by atomic mass is 32.1. The van der Waals surface area contributed by atoms with Gasteiger partial charge >= 0.3 is 0 Å². The molecule has 1 aromatic carbocycles. The van der Waals surface area contributed by atoms with Gasteiger partial charge in [-0.1, -0.05) is 12.1 Å². The van der Waals surface area contributed by atoms with E-state index in [4.69, 9.17) is 12.2 Å². The minimum Gasteiger partial charge on any atom is -0.293 e. The molecule has 0 spiro atoms. The number of nitrogens with zero attached hydrogens (tertiary/aromatic N) is 1. The maximum absolute atomic E-state index is 13.6. The third kappa shape index (κ3) is 1.75. The molecule has 0 aliphatic rings. The predicted octanol–water partition coefficient (Wildman–Crippen LogP) is 4.02. The van der Waals surface area contributed by atoms with E-state index in [1.165, 1.54) is 17.4 Å². The third-order valence-electron chi connectivity index (χ3n) is 2.36. The number of thiazole rings is 1. The number of halogens is 1. The fourth-order valence-corrected chi connectivity index (χ4v) is 2.89. The van der Waals surface area contributed by atoms with Crippen LogP contribution in [0.25, 0.3) is 5.69 Å². The fourth-order valence-electron chi connectivity index (χ4n) is 1.46. The van der Waals surface area contributed by atoms with Gasteiger partial charge in [0.2, 0.25) is 0 Å². The third-order valence-corrected chi connectivity index (χ3v) is 3.75. The standard InChI is InChI=1S/C11H10FNS2/c1-7-8(2)15-11(14)13(7)10-6-4-3-5-9(10)12/h3-6H,1-2H3. The lowest BCUT2D eigenvalue weighted by Gasteiger charge is -2.06. The quantitative estimate of drug-likeness (QED) is 0.680. The number of rotatable bonds is 1. The molecule has 15 heavy (non-hydrogen) atoms. The fraction of sp³-hybridized carbons (Fsp3) is 0.182. The first-order valence-corrected chi connectivity index (χ1v) is 5.77. The molecule has 0 unspecified atom stereocenters. The zero-order valence-corrected chi connectivity index (χ0v) is 10.1. The molecule has 0 N–H and O–H groups in total. The van der Waals surface area contributed by atoms with Crippen molar-refractivity contribution in [2.75, 3.05) is 0 Å². The van der Waals surface area contributed by atoms with Crippen LogP contribution in [0.1, 0.15) is 10.6 Å². The number of hydrogen-bond acceptors (Lipinski definition) is 2. The van der Waals surface area contributed by atoms with Gasteiger partial charge in [0.05, 0.1) is 5.69 Å². The summed E-state index contributed by atoms with van der Waals surface area (Å²) in [7, 11) is 0. The van der Waals surface area contributed by atoms with Crippen molar-refractivity contribution in [3.8, 4) is 5.69 Å². The molecule has 0 amide bonds. The summed E-state index contributed by atoms with van der Waals surface area (Å²) in [6.45, 7) is 3.95. The van der Waals surface area contributed by atoms with Gasteiger partial charge in [0, 0.05) is 10.6 Å². The summed E-state index contributed by atoms with van der Waals surface area (Å²) in [4.78, 5) is 1.13. The molecule has 0 bridgehead atoms. The molecule has 0 aliphatic heterocycles. The number of benzene rings is 1. The molecule has 1 nitrogen and oxygen atoms in total. The molecule has 4 heteroatoms. The summed E-state index contributed by atoms with van der Waals surface area (Å²) in [6, 6.07) is 6.68. The van der Waals surface area contributed by atoms with Gasteiger partial charge in [-0.05, 0) is 38.2 Å². The lowest BCUT2D eigenvalue weighted by atomic mass is 10.3. The summed E-state index contributed by atoms with van der Waals surface area (Å²) in [5.41, 5.74) is 1.54. The molecule has 0 atom stereocenters. The van der Waals surface area contributed by atoms with E-state index in [1.54, 1.807) is 16.7 Å². The molecule has 78 valence electrons. The van der Waals surface area contributed by atoms with Crippen LogP contribution in [0, 0.1) is 23.6 Å². The van der Waals surface area contributed by atoms with E-state index in [0.29, 0.717) is 9.64 Å². The van der Waals surface area contributed by atoms with Crippen LogP contribution >= 0.6 is 23.6 Å². The highest BCUT2D eigenvalue weighted by Gasteiger charge is 2.10. The van der Waals surface area contributed by atoms with Gasteiger partial charge in [0.15, 0.2) is 3.95 Å². The number of para-hydroxylation sites is 1. The zero-order valence-electron chi connectivity index (χ0n) is 8.45. The Labute approximate surface area is 96.8 Å². The number of aryl methyl sites for hydroxylation is 1. The van der Waals surface area contributed by atoms with Crippen molar-refractivity contribution in [2.24, 2.45) is 0 Å². The van der Waals surface area contributed by atoms with Crippen molar-refractivity contribution in [3.63, 3.8) is 0 Å². The first kappa shape index (κ1) is 10.5.